The van der Waals surface area contributed by atoms with Gasteiger partial charge in [0, 0.05) is 12.2 Å². The average molecular weight is 266 g/mol. The minimum absolute atomic E-state index is 0.485. The molecule has 0 unspecified atom stereocenters. The lowest BCUT2D eigenvalue weighted by Crippen LogP contribution is -1.99. The van der Waals surface area contributed by atoms with Crippen LogP contribution in [0.5, 0.6) is 0 Å². The second-order valence-electron chi connectivity index (χ2n) is 2.59. The lowest BCUT2D eigenvalue weighted by Gasteiger charge is -2.02. The number of aryl methyl sites for hydroxylation is 1. The molecule has 0 bridgehead atoms. The van der Waals surface area contributed by atoms with E-state index in [4.69, 9.17) is 0 Å². The number of hydrogen-bond acceptors (Lipinski definition) is 1. The molecular weight excluding hydrogens is 251 g/mol. The molecule has 1 aromatic rings. The van der Waals surface area contributed by atoms with Gasteiger partial charge in [-0.1, -0.05) is 22.6 Å². The molecule has 1 heterocycles. The first-order chi connectivity index (χ1) is 5.20. The molecule has 2 nitrogen and oxygen atoms in total. The second kappa shape index (κ2) is 5.57. The van der Waals surface area contributed by atoms with Crippen molar-refractivity contribution in [2.45, 2.75) is 26.8 Å². The summed E-state index contributed by atoms with van der Waals surface area (Å²) in [6, 6.07) is 0.485. The van der Waals surface area contributed by atoms with Crippen LogP contribution in [0.15, 0.2) is 12.4 Å². The predicted molar refractivity (Wildman–Crippen MR) is 57.3 cm³/mol. The number of alkyl halides is 1. The maximum Gasteiger partial charge on any atom is 0.0519 e. The highest BCUT2D eigenvalue weighted by molar-refractivity contribution is 14.1. The summed E-state index contributed by atoms with van der Waals surface area (Å²) in [5.74, 6) is 0. The molecule has 0 aliphatic carbocycles. The van der Waals surface area contributed by atoms with Gasteiger partial charge in [0.15, 0.2) is 0 Å². The Labute approximate surface area is 82.1 Å². The van der Waals surface area contributed by atoms with Crippen LogP contribution in [0.3, 0.4) is 0 Å². The van der Waals surface area contributed by atoms with E-state index in [2.05, 4.69) is 41.5 Å². The minimum Gasteiger partial charge on any atom is -0.270 e. The molecule has 1 rings (SSSR count). The topological polar surface area (TPSA) is 17.8 Å². The van der Waals surface area contributed by atoms with Gasteiger partial charge in [-0.2, -0.15) is 5.10 Å². The van der Waals surface area contributed by atoms with Crippen LogP contribution in [0.2, 0.25) is 0 Å². The highest BCUT2D eigenvalue weighted by Crippen LogP contribution is 2.02. The third-order valence-corrected chi connectivity index (χ3v) is 1.26. The molecule has 0 saturated carbocycles. The lowest BCUT2D eigenvalue weighted by atomic mass is 10.4. The smallest absolute Gasteiger partial charge is 0.0519 e. The van der Waals surface area contributed by atoms with E-state index in [9.17, 15) is 0 Å². The zero-order valence-corrected chi connectivity index (χ0v) is 9.66. The van der Waals surface area contributed by atoms with E-state index in [0.29, 0.717) is 6.04 Å². The summed E-state index contributed by atoms with van der Waals surface area (Å²) < 4.78 is 1.95. The standard InChI is InChI=1S/C7H12N2.CH3I/c1-6(2)9-5-7(3)4-8-9;1-2/h4-6H,1-3H3;1H3. The van der Waals surface area contributed by atoms with Gasteiger partial charge in [-0.05, 0) is 31.3 Å². The van der Waals surface area contributed by atoms with Crippen LogP contribution in [-0.4, -0.2) is 14.7 Å². The molecule has 64 valence electrons. The first kappa shape index (κ1) is 10.9. The van der Waals surface area contributed by atoms with Gasteiger partial charge < -0.3 is 0 Å². The summed E-state index contributed by atoms with van der Waals surface area (Å²) in [5.41, 5.74) is 1.23. The molecule has 0 radical (unpaired) electrons. The van der Waals surface area contributed by atoms with E-state index >= 15 is 0 Å². The fourth-order valence-corrected chi connectivity index (χ4v) is 0.715. The summed E-state index contributed by atoms with van der Waals surface area (Å²) in [4.78, 5) is 1.97. The van der Waals surface area contributed by atoms with E-state index in [1.165, 1.54) is 5.56 Å². The molecule has 0 aliphatic rings. The van der Waals surface area contributed by atoms with Crippen molar-refractivity contribution in [2.24, 2.45) is 0 Å². The van der Waals surface area contributed by atoms with Crippen molar-refractivity contribution in [3.05, 3.63) is 18.0 Å². The highest BCUT2D eigenvalue weighted by atomic mass is 127. The molecule has 3 heteroatoms. The van der Waals surface area contributed by atoms with Crippen LogP contribution in [0.1, 0.15) is 25.5 Å². The van der Waals surface area contributed by atoms with E-state index < -0.39 is 0 Å². The lowest BCUT2D eigenvalue weighted by molar-refractivity contribution is 0.532. The molecule has 0 spiro atoms. The van der Waals surface area contributed by atoms with Gasteiger partial charge in [-0.25, -0.2) is 0 Å². The molecule has 0 atom stereocenters. The molecule has 0 N–H and O–H groups in total. The first-order valence-corrected chi connectivity index (χ1v) is 5.74. The van der Waals surface area contributed by atoms with Crippen molar-refractivity contribution in [3.63, 3.8) is 0 Å². The number of aromatic nitrogens is 2. The summed E-state index contributed by atoms with van der Waals surface area (Å²) in [5, 5.41) is 4.13. The van der Waals surface area contributed by atoms with Crippen molar-refractivity contribution < 1.29 is 0 Å². The van der Waals surface area contributed by atoms with Crippen LogP contribution in [0, 0.1) is 6.92 Å². The third kappa shape index (κ3) is 3.74. The molecule has 0 aromatic carbocycles. The van der Waals surface area contributed by atoms with E-state index in [0.717, 1.165) is 0 Å². The average Bonchev–Trinajstić information content (AvgIpc) is 2.40. The summed E-state index contributed by atoms with van der Waals surface area (Å²) >= 11 is 2.15. The van der Waals surface area contributed by atoms with Gasteiger partial charge in [0.25, 0.3) is 0 Å². The zero-order valence-electron chi connectivity index (χ0n) is 7.50. The monoisotopic (exact) mass is 266 g/mol. The third-order valence-electron chi connectivity index (χ3n) is 1.26. The van der Waals surface area contributed by atoms with Gasteiger partial charge in [0.2, 0.25) is 0 Å². The van der Waals surface area contributed by atoms with Gasteiger partial charge >= 0.3 is 0 Å². The van der Waals surface area contributed by atoms with Crippen molar-refractivity contribution in [1.29, 1.82) is 0 Å². The van der Waals surface area contributed by atoms with Crippen molar-refractivity contribution in [3.8, 4) is 0 Å². The Bertz CT molecular complexity index is 194. The molecule has 0 amide bonds. The molecule has 0 saturated heterocycles. The van der Waals surface area contributed by atoms with Crippen LogP contribution < -0.4 is 0 Å². The van der Waals surface area contributed by atoms with Crippen molar-refractivity contribution in [1.82, 2.24) is 9.78 Å². The Morgan fingerprint density at radius 3 is 2.18 bits per heavy atom. The zero-order chi connectivity index (χ0) is 8.85. The normalized spacial score (nSPS) is 9.27. The van der Waals surface area contributed by atoms with Crippen LogP contribution >= 0.6 is 22.6 Å². The Hall–Kier alpha value is -0.0600. The van der Waals surface area contributed by atoms with Crippen molar-refractivity contribution in [2.75, 3.05) is 4.93 Å². The Kier molecular flexibility index (Phi) is 5.54. The SMILES string of the molecule is CI.Cc1cnn(C(C)C)c1. The number of rotatable bonds is 1. The Morgan fingerprint density at radius 1 is 1.45 bits per heavy atom. The van der Waals surface area contributed by atoms with Gasteiger partial charge in [-0.3, -0.25) is 4.68 Å². The summed E-state index contributed by atoms with van der Waals surface area (Å²) in [6.07, 6.45) is 3.92. The van der Waals surface area contributed by atoms with E-state index in [1.807, 2.05) is 28.9 Å². The molecule has 0 fully saturated rings. The summed E-state index contributed by atoms with van der Waals surface area (Å²) in [7, 11) is 0. The predicted octanol–water partition coefficient (Wildman–Crippen LogP) is 2.82. The highest BCUT2D eigenvalue weighted by Gasteiger charge is 1.95. The maximum absolute atomic E-state index is 4.13. The van der Waals surface area contributed by atoms with Crippen molar-refractivity contribution >= 4 is 22.6 Å². The van der Waals surface area contributed by atoms with Gasteiger partial charge in [-0.15, -0.1) is 0 Å². The Morgan fingerprint density at radius 2 is 2.00 bits per heavy atom. The van der Waals surface area contributed by atoms with E-state index in [1.54, 1.807) is 0 Å². The fourth-order valence-electron chi connectivity index (χ4n) is 0.715. The van der Waals surface area contributed by atoms with Crippen LogP contribution in [0.4, 0.5) is 0 Å². The number of nitrogens with zero attached hydrogens (tertiary/aromatic N) is 2. The van der Waals surface area contributed by atoms with E-state index in [-0.39, 0.29) is 0 Å². The maximum atomic E-state index is 4.13. The molecule has 0 aliphatic heterocycles. The number of hydrogen-bond donors (Lipinski definition) is 0. The molecular formula is C8H15IN2. The number of halogens is 1. The summed E-state index contributed by atoms with van der Waals surface area (Å²) in [6.45, 7) is 6.28. The largest absolute Gasteiger partial charge is 0.270 e. The fraction of sp³-hybridized carbons (Fsp3) is 0.625. The van der Waals surface area contributed by atoms with Crippen LogP contribution in [-0.2, 0) is 0 Å². The molecule has 1 aromatic heterocycles. The van der Waals surface area contributed by atoms with Crippen LogP contribution in [0.25, 0.3) is 0 Å². The van der Waals surface area contributed by atoms with Gasteiger partial charge in [0.05, 0.1) is 6.20 Å². The minimum atomic E-state index is 0.485. The quantitative estimate of drug-likeness (QED) is 0.564. The second-order valence-corrected chi connectivity index (χ2v) is 2.59. The first-order valence-electron chi connectivity index (χ1n) is 3.58. The van der Waals surface area contributed by atoms with Gasteiger partial charge in [0.1, 0.15) is 0 Å². The molecule has 11 heavy (non-hydrogen) atoms. The Balaban J connectivity index is 0.000000461.